The molecule has 1 atom stereocenters. The summed E-state index contributed by atoms with van der Waals surface area (Å²) in [6.07, 6.45) is -3.92. The Hall–Kier alpha value is -2.56. The largest absolute Gasteiger partial charge is 0.405 e. The lowest BCUT2D eigenvalue weighted by Gasteiger charge is -2.18. The minimum Gasteiger partial charge on any atom is -0.329 e. The number of benzene rings is 1. The number of halogens is 3. The molecular formula is C17H19F3N4O3S. The summed E-state index contributed by atoms with van der Waals surface area (Å²) in [5.41, 5.74) is 0.226. The molecule has 0 aliphatic carbocycles. The van der Waals surface area contributed by atoms with Gasteiger partial charge in [0.15, 0.2) is 5.16 Å². The van der Waals surface area contributed by atoms with Crippen molar-refractivity contribution >= 4 is 34.6 Å². The summed E-state index contributed by atoms with van der Waals surface area (Å²) in [7, 11) is 0. The van der Waals surface area contributed by atoms with Crippen LogP contribution in [0.1, 0.15) is 26.3 Å². The van der Waals surface area contributed by atoms with Crippen LogP contribution in [0.25, 0.3) is 10.9 Å². The monoisotopic (exact) mass is 416 g/mol. The molecule has 0 bridgehead atoms. The number of nitrogens with zero attached hydrogens (tertiary/aromatic N) is 2. The van der Waals surface area contributed by atoms with Crippen molar-refractivity contribution in [2.75, 3.05) is 12.3 Å². The number of hydrogen-bond acceptors (Lipinski definition) is 5. The van der Waals surface area contributed by atoms with E-state index >= 15 is 0 Å². The van der Waals surface area contributed by atoms with Crippen LogP contribution in [0.3, 0.4) is 0 Å². The molecule has 3 amide bonds. The predicted octanol–water partition coefficient (Wildman–Crippen LogP) is 2.85. The van der Waals surface area contributed by atoms with Gasteiger partial charge in [0.1, 0.15) is 6.54 Å². The number of aromatic nitrogens is 2. The zero-order chi connectivity index (χ0) is 20.9. The fraction of sp³-hybridized carbons (Fsp3) is 0.412. The molecule has 152 valence electrons. The van der Waals surface area contributed by atoms with Crippen LogP contribution < -0.4 is 16.2 Å². The van der Waals surface area contributed by atoms with Gasteiger partial charge in [-0.3, -0.25) is 19.5 Å². The molecule has 0 aliphatic heterocycles. The smallest absolute Gasteiger partial charge is 0.329 e. The molecule has 0 saturated heterocycles. The summed E-state index contributed by atoms with van der Waals surface area (Å²) < 4.78 is 37.7. The first kappa shape index (κ1) is 21.7. The third kappa shape index (κ3) is 5.72. The molecule has 2 aromatic rings. The zero-order valence-electron chi connectivity index (χ0n) is 15.2. The van der Waals surface area contributed by atoms with E-state index in [0.717, 1.165) is 11.8 Å². The van der Waals surface area contributed by atoms with Crippen molar-refractivity contribution in [1.29, 1.82) is 0 Å². The third-order valence-corrected chi connectivity index (χ3v) is 4.79. The summed E-state index contributed by atoms with van der Waals surface area (Å²) >= 11 is 0.931. The van der Waals surface area contributed by atoms with Crippen molar-refractivity contribution < 1.29 is 22.8 Å². The van der Waals surface area contributed by atoms with Gasteiger partial charge in [0.25, 0.3) is 5.56 Å². The summed E-state index contributed by atoms with van der Waals surface area (Å²) in [6.45, 7) is 2.20. The number of carbonyl (C=O) groups excluding carboxylic acids is 2. The molecule has 0 saturated carbocycles. The number of alkyl halides is 3. The number of thioether (sulfide) groups is 1. The van der Waals surface area contributed by atoms with E-state index < -0.39 is 24.7 Å². The Kier molecular flexibility index (Phi) is 7.05. The summed E-state index contributed by atoms with van der Waals surface area (Å²) in [5, 5.41) is 4.10. The molecule has 0 radical (unpaired) electrons. The summed E-state index contributed by atoms with van der Waals surface area (Å²) in [6, 6.07) is 5.38. The van der Waals surface area contributed by atoms with Crippen molar-refractivity contribution in [2.45, 2.75) is 37.6 Å². The molecule has 0 fully saturated rings. The van der Waals surface area contributed by atoms with E-state index in [1.807, 2.05) is 19.2 Å². The number of nitrogens with one attached hydrogen (secondary N) is 2. The maximum atomic E-state index is 12.8. The Morgan fingerprint density at radius 1 is 1.29 bits per heavy atom. The second kappa shape index (κ2) is 9.09. The van der Waals surface area contributed by atoms with Gasteiger partial charge < -0.3 is 5.32 Å². The normalized spacial score (nSPS) is 12.6. The van der Waals surface area contributed by atoms with E-state index in [0.29, 0.717) is 22.5 Å². The van der Waals surface area contributed by atoms with Crippen LogP contribution in [0.15, 0.2) is 34.2 Å². The van der Waals surface area contributed by atoms with Gasteiger partial charge in [-0.05, 0) is 25.5 Å². The van der Waals surface area contributed by atoms with Crippen molar-refractivity contribution in [3.63, 3.8) is 0 Å². The number of carbonyl (C=O) groups is 2. The maximum absolute atomic E-state index is 12.8. The number of urea groups is 1. The van der Waals surface area contributed by atoms with E-state index in [9.17, 15) is 27.6 Å². The molecule has 1 aromatic carbocycles. The van der Waals surface area contributed by atoms with Crippen molar-refractivity contribution in [1.82, 2.24) is 20.2 Å². The lowest BCUT2D eigenvalue weighted by molar-refractivity contribution is -0.124. The highest BCUT2D eigenvalue weighted by Gasteiger charge is 2.28. The average molecular weight is 416 g/mol. The first-order chi connectivity index (χ1) is 13.1. The van der Waals surface area contributed by atoms with Crippen LogP contribution in [0, 0.1) is 0 Å². The van der Waals surface area contributed by atoms with Crippen LogP contribution in [0.5, 0.6) is 0 Å². The van der Waals surface area contributed by atoms with Crippen molar-refractivity contribution in [3.05, 3.63) is 34.6 Å². The van der Waals surface area contributed by atoms with Crippen LogP contribution in [-0.2, 0) is 4.79 Å². The van der Waals surface area contributed by atoms with Gasteiger partial charge in [0, 0.05) is 6.04 Å². The first-order valence-electron chi connectivity index (χ1n) is 8.41. The van der Waals surface area contributed by atoms with Crippen molar-refractivity contribution in [3.8, 4) is 0 Å². The maximum Gasteiger partial charge on any atom is 0.405 e. The van der Waals surface area contributed by atoms with E-state index in [1.54, 1.807) is 29.6 Å². The van der Waals surface area contributed by atoms with Gasteiger partial charge >= 0.3 is 12.2 Å². The Bertz CT molecular complexity index is 930. The first-order valence-corrected chi connectivity index (χ1v) is 9.39. The predicted molar refractivity (Wildman–Crippen MR) is 99.3 cm³/mol. The van der Waals surface area contributed by atoms with E-state index in [-0.39, 0.29) is 17.4 Å². The topological polar surface area (TPSA) is 93.1 Å². The molecule has 28 heavy (non-hydrogen) atoms. The lowest BCUT2D eigenvalue weighted by Crippen LogP contribution is -2.44. The second-order valence-electron chi connectivity index (χ2n) is 5.98. The molecule has 1 heterocycles. The molecule has 0 unspecified atom stereocenters. The van der Waals surface area contributed by atoms with Crippen LogP contribution >= 0.6 is 11.8 Å². The number of imide groups is 1. The van der Waals surface area contributed by atoms with E-state index in [4.69, 9.17) is 0 Å². The average Bonchev–Trinajstić information content (AvgIpc) is 2.64. The number of fused-ring (bicyclic) bond motifs is 1. The SMILES string of the molecule is CC[C@H](C)n1c(SCC(=O)NC(=O)NCC(F)(F)F)nc2ccccc2c1=O. The van der Waals surface area contributed by atoms with Crippen LogP contribution in [-0.4, -0.2) is 40.0 Å². The molecule has 0 spiro atoms. The standard InChI is InChI=1S/C17H19F3N4O3S/c1-3-10(2)24-14(26)11-6-4-5-7-12(11)22-16(24)28-8-13(25)23-15(27)21-9-17(18,19)20/h4-7,10H,3,8-9H2,1-2H3,(H2,21,23,25,27)/t10-/m0/s1. The van der Waals surface area contributed by atoms with Crippen LogP contribution in [0.2, 0.25) is 0 Å². The molecular weight excluding hydrogens is 397 g/mol. The third-order valence-electron chi connectivity index (χ3n) is 3.84. The quantitative estimate of drug-likeness (QED) is 0.558. The number of rotatable bonds is 6. The van der Waals surface area contributed by atoms with E-state index in [2.05, 4.69) is 4.98 Å². The molecule has 0 aliphatic rings. The number of amides is 3. The highest BCUT2D eigenvalue weighted by atomic mass is 32.2. The Morgan fingerprint density at radius 2 is 1.96 bits per heavy atom. The molecule has 2 N–H and O–H groups in total. The van der Waals surface area contributed by atoms with Gasteiger partial charge in [0.05, 0.1) is 16.7 Å². The fourth-order valence-corrected chi connectivity index (χ4v) is 3.21. The number of hydrogen-bond donors (Lipinski definition) is 2. The lowest BCUT2D eigenvalue weighted by atomic mass is 10.2. The fourth-order valence-electron chi connectivity index (χ4n) is 2.32. The van der Waals surface area contributed by atoms with Crippen LogP contribution in [0.4, 0.5) is 18.0 Å². The highest BCUT2D eigenvalue weighted by molar-refractivity contribution is 7.99. The highest BCUT2D eigenvalue weighted by Crippen LogP contribution is 2.22. The van der Waals surface area contributed by atoms with Gasteiger partial charge in [-0.1, -0.05) is 30.8 Å². The van der Waals surface area contributed by atoms with Gasteiger partial charge in [-0.2, -0.15) is 13.2 Å². The summed E-state index contributed by atoms with van der Waals surface area (Å²) in [4.78, 5) is 40.4. The summed E-state index contributed by atoms with van der Waals surface area (Å²) in [5.74, 6) is -1.09. The number of para-hydroxylation sites is 1. The Balaban J connectivity index is 2.14. The Labute approximate surface area is 162 Å². The van der Waals surface area contributed by atoms with E-state index in [1.165, 1.54) is 4.57 Å². The van der Waals surface area contributed by atoms with Gasteiger partial charge in [-0.15, -0.1) is 0 Å². The van der Waals surface area contributed by atoms with Gasteiger partial charge in [-0.25, -0.2) is 9.78 Å². The van der Waals surface area contributed by atoms with Crippen molar-refractivity contribution in [2.24, 2.45) is 0 Å². The molecule has 1 aromatic heterocycles. The Morgan fingerprint density at radius 3 is 2.61 bits per heavy atom. The second-order valence-corrected chi connectivity index (χ2v) is 6.92. The molecule has 11 heteroatoms. The van der Waals surface area contributed by atoms with Gasteiger partial charge in [0.2, 0.25) is 5.91 Å². The molecule has 7 nitrogen and oxygen atoms in total. The molecule has 2 rings (SSSR count). The zero-order valence-corrected chi connectivity index (χ0v) is 16.0. The minimum atomic E-state index is -4.57. The minimum absolute atomic E-state index is 0.176.